The van der Waals surface area contributed by atoms with Gasteiger partial charge in [-0.2, -0.15) is 5.10 Å². The lowest BCUT2D eigenvalue weighted by molar-refractivity contribution is 0.235. The second kappa shape index (κ2) is 7.33. The zero-order valence-corrected chi connectivity index (χ0v) is 13.1. The Labute approximate surface area is 125 Å². The van der Waals surface area contributed by atoms with Gasteiger partial charge in [0.25, 0.3) is 5.56 Å². The third-order valence-corrected chi connectivity index (χ3v) is 3.89. The Hall–Kier alpha value is -1.72. The van der Waals surface area contributed by atoms with Crippen LogP contribution in [0.3, 0.4) is 0 Å². The van der Waals surface area contributed by atoms with Crippen LogP contribution in [0.5, 0.6) is 0 Å². The third-order valence-electron chi connectivity index (χ3n) is 3.89. The van der Waals surface area contributed by atoms with Gasteiger partial charge in [-0.05, 0) is 26.2 Å². The molecule has 0 aliphatic carbocycles. The summed E-state index contributed by atoms with van der Waals surface area (Å²) >= 11 is 0. The van der Waals surface area contributed by atoms with Crippen LogP contribution < -0.4 is 5.56 Å². The second-order valence-corrected chi connectivity index (χ2v) is 5.31. The first-order chi connectivity index (χ1) is 10.2. The quantitative estimate of drug-likeness (QED) is 0.842. The third kappa shape index (κ3) is 3.89. The minimum atomic E-state index is -0.125. The lowest BCUT2D eigenvalue weighted by Gasteiger charge is -2.23. The minimum Gasteiger partial charge on any atom is -0.303 e. The standard InChI is InChI=1S/C16H24N4O/c1-4-20(5-2)11-10-19(3)12-15-13-8-6-7-9-14(13)16(21)18-17-15/h6-9H,4-5,10-12H2,1-3H3,(H,18,21). The van der Waals surface area contributed by atoms with E-state index < -0.39 is 0 Å². The Bertz CT molecular complexity index is 633. The molecule has 0 unspecified atom stereocenters. The monoisotopic (exact) mass is 288 g/mol. The number of likely N-dealkylation sites (N-methyl/N-ethyl adjacent to an activating group) is 2. The number of fused-ring (bicyclic) bond motifs is 1. The molecule has 0 radical (unpaired) electrons. The van der Waals surface area contributed by atoms with E-state index >= 15 is 0 Å². The number of nitrogens with zero attached hydrogens (tertiary/aromatic N) is 3. The van der Waals surface area contributed by atoms with Crippen molar-refractivity contribution in [3.63, 3.8) is 0 Å². The smallest absolute Gasteiger partial charge is 0.272 e. The summed E-state index contributed by atoms with van der Waals surface area (Å²) in [6, 6.07) is 7.63. The van der Waals surface area contributed by atoms with Crippen LogP contribution in [0.4, 0.5) is 0 Å². The van der Waals surface area contributed by atoms with Crippen molar-refractivity contribution in [2.75, 3.05) is 33.2 Å². The SMILES string of the molecule is CCN(CC)CCN(C)Cc1n[nH]c(=O)c2ccccc12. The fourth-order valence-electron chi connectivity index (χ4n) is 2.48. The van der Waals surface area contributed by atoms with E-state index in [0.717, 1.165) is 43.8 Å². The van der Waals surface area contributed by atoms with E-state index in [-0.39, 0.29) is 5.56 Å². The Kier molecular flexibility index (Phi) is 5.47. The van der Waals surface area contributed by atoms with Gasteiger partial charge in [-0.25, -0.2) is 5.10 Å². The van der Waals surface area contributed by atoms with Crippen molar-refractivity contribution in [3.05, 3.63) is 40.3 Å². The molecule has 1 aromatic carbocycles. The highest BCUT2D eigenvalue weighted by Crippen LogP contribution is 2.13. The average molecular weight is 288 g/mol. The van der Waals surface area contributed by atoms with E-state index in [9.17, 15) is 4.79 Å². The highest BCUT2D eigenvalue weighted by atomic mass is 16.1. The number of aromatic amines is 1. The molecule has 5 heteroatoms. The molecule has 21 heavy (non-hydrogen) atoms. The van der Waals surface area contributed by atoms with E-state index in [0.29, 0.717) is 5.39 Å². The molecule has 0 bridgehead atoms. The van der Waals surface area contributed by atoms with Crippen molar-refractivity contribution in [1.29, 1.82) is 0 Å². The van der Waals surface area contributed by atoms with Gasteiger partial charge in [-0.1, -0.05) is 32.0 Å². The molecular formula is C16H24N4O. The highest BCUT2D eigenvalue weighted by molar-refractivity contribution is 5.83. The van der Waals surface area contributed by atoms with Crippen molar-refractivity contribution < 1.29 is 0 Å². The predicted molar refractivity (Wildman–Crippen MR) is 86.5 cm³/mol. The largest absolute Gasteiger partial charge is 0.303 e. The number of rotatable bonds is 7. The molecule has 1 N–H and O–H groups in total. The first-order valence-electron chi connectivity index (χ1n) is 7.52. The van der Waals surface area contributed by atoms with E-state index in [1.165, 1.54) is 0 Å². The number of benzene rings is 1. The van der Waals surface area contributed by atoms with E-state index in [1.54, 1.807) is 0 Å². The lowest BCUT2D eigenvalue weighted by Crippen LogP contribution is -2.33. The van der Waals surface area contributed by atoms with Gasteiger partial charge in [-0.3, -0.25) is 9.69 Å². The maximum Gasteiger partial charge on any atom is 0.272 e. The number of nitrogens with one attached hydrogen (secondary N) is 1. The first-order valence-corrected chi connectivity index (χ1v) is 7.52. The Morgan fingerprint density at radius 2 is 1.76 bits per heavy atom. The molecular weight excluding hydrogens is 264 g/mol. The molecule has 1 aromatic heterocycles. The van der Waals surface area contributed by atoms with Gasteiger partial charge in [-0.15, -0.1) is 0 Å². The van der Waals surface area contributed by atoms with Crippen LogP contribution in [0.2, 0.25) is 0 Å². The topological polar surface area (TPSA) is 52.2 Å². The van der Waals surface area contributed by atoms with Crippen LogP contribution in [0, 0.1) is 0 Å². The van der Waals surface area contributed by atoms with Gasteiger partial charge in [0.15, 0.2) is 0 Å². The van der Waals surface area contributed by atoms with Crippen LogP contribution in [0.15, 0.2) is 29.1 Å². The number of hydrogen-bond donors (Lipinski definition) is 1. The number of aromatic nitrogens is 2. The molecule has 1 heterocycles. The van der Waals surface area contributed by atoms with Crippen molar-refractivity contribution >= 4 is 10.8 Å². The molecule has 2 aromatic rings. The molecule has 0 amide bonds. The van der Waals surface area contributed by atoms with Crippen molar-refractivity contribution in [2.24, 2.45) is 0 Å². The molecule has 5 nitrogen and oxygen atoms in total. The van der Waals surface area contributed by atoms with Gasteiger partial charge in [0.1, 0.15) is 0 Å². The fraction of sp³-hybridized carbons (Fsp3) is 0.500. The van der Waals surface area contributed by atoms with Gasteiger partial charge in [0.05, 0.1) is 11.1 Å². The second-order valence-electron chi connectivity index (χ2n) is 5.31. The van der Waals surface area contributed by atoms with Gasteiger partial charge in [0.2, 0.25) is 0 Å². The molecule has 0 aliphatic rings. The summed E-state index contributed by atoms with van der Waals surface area (Å²) in [4.78, 5) is 16.4. The van der Waals surface area contributed by atoms with E-state index in [4.69, 9.17) is 0 Å². The van der Waals surface area contributed by atoms with E-state index in [1.807, 2.05) is 24.3 Å². The van der Waals surface area contributed by atoms with Crippen molar-refractivity contribution in [2.45, 2.75) is 20.4 Å². The zero-order chi connectivity index (χ0) is 15.2. The van der Waals surface area contributed by atoms with Crippen molar-refractivity contribution in [3.8, 4) is 0 Å². The molecule has 0 spiro atoms. The predicted octanol–water partition coefficient (Wildman–Crippen LogP) is 1.70. The summed E-state index contributed by atoms with van der Waals surface area (Å²) in [6.07, 6.45) is 0. The van der Waals surface area contributed by atoms with Crippen LogP contribution in [-0.2, 0) is 6.54 Å². The summed E-state index contributed by atoms with van der Waals surface area (Å²) < 4.78 is 0. The van der Waals surface area contributed by atoms with Gasteiger partial charge < -0.3 is 4.90 Å². The Morgan fingerprint density at radius 3 is 2.43 bits per heavy atom. The molecule has 2 rings (SSSR count). The molecule has 0 atom stereocenters. The summed E-state index contributed by atoms with van der Waals surface area (Å²) in [5, 5.41) is 8.46. The maximum absolute atomic E-state index is 11.8. The van der Waals surface area contributed by atoms with Crippen LogP contribution >= 0.6 is 0 Å². The molecule has 0 aliphatic heterocycles. The summed E-state index contributed by atoms with van der Waals surface area (Å²) in [5.74, 6) is 0. The zero-order valence-electron chi connectivity index (χ0n) is 13.1. The first kappa shape index (κ1) is 15.7. The lowest BCUT2D eigenvalue weighted by atomic mass is 10.1. The molecule has 114 valence electrons. The average Bonchev–Trinajstić information content (AvgIpc) is 2.51. The Morgan fingerprint density at radius 1 is 1.10 bits per heavy atom. The minimum absolute atomic E-state index is 0.125. The van der Waals surface area contributed by atoms with Crippen LogP contribution in [-0.4, -0.2) is 53.2 Å². The summed E-state index contributed by atoms with van der Waals surface area (Å²) in [5.41, 5.74) is 0.799. The summed E-state index contributed by atoms with van der Waals surface area (Å²) in [7, 11) is 2.09. The van der Waals surface area contributed by atoms with Crippen LogP contribution in [0.1, 0.15) is 19.5 Å². The van der Waals surface area contributed by atoms with Crippen LogP contribution in [0.25, 0.3) is 10.8 Å². The Balaban J connectivity index is 2.09. The van der Waals surface area contributed by atoms with Crippen molar-refractivity contribution in [1.82, 2.24) is 20.0 Å². The molecule has 0 fully saturated rings. The maximum atomic E-state index is 11.8. The van der Waals surface area contributed by atoms with Gasteiger partial charge >= 0.3 is 0 Å². The number of H-pyrrole nitrogens is 1. The summed E-state index contributed by atoms with van der Waals surface area (Å²) in [6.45, 7) is 9.27. The normalized spacial score (nSPS) is 11.7. The van der Waals surface area contributed by atoms with Gasteiger partial charge in [0, 0.05) is 25.0 Å². The molecule has 0 saturated carbocycles. The number of hydrogen-bond acceptors (Lipinski definition) is 4. The van der Waals surface area contributed by atoms with E-state index in [2.05, 4.69) is 40.9 Å². The molecule has 0 saturated heterocycles. The fourth-order valence-corrected chi connectivity index (χ4v) is 2.48. The highest BCUT2D eigenvalue weighted by Gasteiger charge is 2.09.